The molecule has 1 saturated heterocycles. The topological polar surface area (TPSA) is 79.7 Å². The van der Waals surface area contributed by atoms with Gasteiger partial charge in [-0.3, -0.25) is 0 Å². The summed E-state index contributed by atoms with van der Waals surface area (Å²) in [4.78, 5) is 0. The molecule has 0 unspecified atom stereocenters. The molecule has 1 heterocycles. The third-order valence-corrected chi connectivity index (χ3v) is 3.06. The van der Waals surface area contributed by atoms with E-state index in [-0.39, 0.29) is 50.0 Å². The smallest absolute Gasteiger partial charge is 0.663 e. The summed E-state index contributed by atoms with van der Waals surface area (Å²) >= 11 is 0. The van der Waals surface area contributed by atoms with E-state index in [2.05, 4.69) is 26.6 Å². The zero-order chi connectivity index (χ0) is 24.1. The van der Waals surface area contributed by atoms with Crippen molar-refractivity contribution in [2.24, 2.45) is 0 Å². The maximum Gasteiger partial charge on any atom is 4.00 e. The van der Waals surface area contributed by atoms with E-state index in [1.165, 1.54) is 12.8 Å². The Hall–Kier alpha value is 1.41. The van der Waals surface area contributed by atoms with Crippen molar-refractivity contribution in [1.29, 1.82) is 0 Å². The van der Waals surface area contributed by atoms with Crippen molar-refractivity contribution in [3.63, 3.8) is 0 Å². The number of hydrogen-bond donors (Lipinski definition) is 0. The monoisotopic (exact) mass is 678 g/mol. The Morgan fingerprint density at radius 2 is 0.562 bits per heavy atom. The van der Waals surface area contributed by atoms with Gasteiger partial charge >= 0.3 is 50.0 Å². The van der Waals surface area contributed by atoms with Gasteiger partial charge in [0.1, 0.15) is 0 Å². The summed E-state index contributed by atoms with van der Waals surface area (Å²) in [6.45, 7) is 32.1. The van der Waals surface area contributed by atoms with Gasteiger partial charge in [-0.05, 0) is 12.8 Å². The number of rotatable bonds is 10. The SMILES string of the molecule is C1CCOC1.CC[N-]CC.CC[N-]CC.CC[N-]CC.CC[N-]CC.CC[N-]CC.[Li+].[U+4]. The van der Waals surface area contributed by atoms with Crippen molar-refractivity contribution in [2.75, 3.05) is 78.7 Å². The third-order valence-electron chi connectivity index (χ3n) is 3.06. The van der Waals surface area contributed by atoms with E-state index in [1.807, 2.05) is 69.2 Å². The largest absolute Gasteiger partial charge is 4.00 e. The van der Waals surface area contributed by atoms with Gasteiger partial charge in [-0.1, -0.05) is 69.2 Å². The maximum atomic E-state index is 4.94. The van der Waals surface area contributed by atoms with Crippen LogP contribution in [0.4, 0.5) is 0 Å². The summed E-state index contributed by atoms with van der Waals surface area (Å²) < 4.78 is 4.94. The summed E-state index contributed by atoms with van der Waals surface area (Å²) in [7, 11) is 0. The van der Waals surface area contributed by atoms with Crippen molar-refractivity contribution in [2.45, 2.75) is 82.1 Å². The molecule has 0 amide bonds. The number of nitrogens with zero attached hydrogens (tertiary/aromatic N) is 5. The Labute approximate surface area is 240 Å². The molecule has 0 N–H and O–H groups in total. The first-order valence-electron chi connectivity index (χ1n) is 12.3. The van der Waals surface area contributed by atoms with Gasteiger partial charge < -0.3 is 31.3 Å². The molecule has 0 atom stereocenters. The molecule has 1 rings (SSSR count). The Kier molecular flexibility index (Phi) is 110. The summed E-state index contributed by atoms with van der Waals surface area (Å²) in [5, 5.41) is 19.9. The third kappa shape index (κ3) is 108. The van der Waals surface area contributed by atoms with Crippen molar-refractivity contribution in [3.8, 4) is 0 Å². The Balaban J connectivity index is -0.0000000463. The molecule has 0 aliphatic carbocycles. The number of ether oxygens (including phenoxy) is 1. The van der Waals surface area contributed by atoms with Crippen LogP contribution in [0.2, 0.25) is 0 Å². The summed E-state index contributed by atoms with van der Waals surface area (Å²) in [6, 6.07) is 0. The summed E-state index contributed by atoms with van der Waals surface area (Å²) in [5.41, 5.74) is 0. The second-order valence-electron chi connectivity index (χ2n) is 5.60. The zero-order valence-corrected chi connectivity index (χ0v) is 28.2. The molecule has 6 nitrogen and oxygen atoms in total. The van der Waals surface area contributed by atoms with Gasteiger partial charge in [-0.15, -0.1) is 0 Å². The van der Waals surface area contributed by atoms with E-state index < -0.39 is 0 Å². The average molecular weight is 678 g/mol. The van der Waals surface area contributed by atoms with E-state index in [0.717, 1.165) is 78.7 Å². The molecule has 190 valence electrons. The Morgan fingerprint density at radius 1 is 0.406 bits per heavy atom. The first-order chi connectivity index (χ1) is 14.6. The van der Waals surface area contributed by atoms with Crippen LogP contribution in [0.5, 0.6) is 0 Å². The molecule has 1 aliphatic rings. The fourth-order valence-corrected chi connectivity index (χ4v) is 1.63. The fourth-order valence-electron chi connectivity index (χ4n) is 1.63. The predicted octanol–water partition coefficient (Wildman–Crippen LogP) is 4.80. The van der Waals surface area contributed by atoms with Gasteiger partial charge in [0, 0.05) is 13.2 Å². The van der Waals surface area contributed by atoms with Crippen molar-refractivity contribution < 1.29 is 54.7 Å². The van der Waals surface area contributed by atoms with E-state index in [4.69, 9.17) is 4.74 Å². The van der Waals surface area contributed by atoms with Gasteiger partial charge in [0.15, 0.2) is 0 Å². The Morgan fingerprint density at radius 3 is 0.594 bits per heavy atom. The Bertz CT molecular complexity index is 155. The zero-order valence-electron chi connectivity index (χ0n) is 24.0. The first kappa shape index (κ1) is 50.3. The molecule has 0 bridgehead atoms. The van der Waals surface area contributed by atoms with Gasteiger partial charge in [-0.2, -0.15) is 65.4 Å². The maximum absolute atomic E-state index is 4.94. The van der Waals surface area contributed by atoms with Gasteiger partial charge in [0.25, 0.3) is 0 Å². The number of hydrogen-bond acceptors (Lipinski definition) is 1. The van der Waals surface area contributed by atoms with E-state index in [9.17, 15) is 0 Å². The molecule has 0 spiro atoms. The van der Waals surface area contributed by atoms with Crippen LogP contribution in [0.25, 0.3) is 26.6 Å². The van der Waals surface area contributed by atoms with E-state index in [1.54, 1.807) is 0 Å². The van der Waals surface area contributed by atoms with E-state index >= 15 is 0 Å². The predicted molar refractivity (Wildman–Crippen MR) is 142 cm³/mol. The van der Waals surface area contributed by atoms with E-state index in [0.29, 0.717) is 0 Å². The minimum Gasteiger partial charge on any atom is -0.663 e. The molecule has 0 radical (unpaired) electrons. The van der Waals surface area contributed by atoms with Crippen LogP contribution < -0.4 is 18.9 Å². The molecule has 1 aliphatic heterocycles. The van der Waals surface area contributed by atoms with Crippen molar-refractivity contribution >= 4 is 0 Å². The van der Waals surface area contributed by atoms with Gasteiger partial charge in [0.2, 0.25) is 0 Å². The molecule has 0 saturated carbocycles. The molecule has 0 aromatic carbocycles. The second-order valence-corrected chi connectivity index (χ2v) is 5.60. The quantitative estimate of drug-likeness (QED) is 0.306. The molecule has 32 heavy (non-hydrogen) atoms. The van der Waals surface area contributed by atoms with Crippen LogP contribution in [0.15, 0.2) is 0 Å². The van der Waals surface area contributed by atoms with Crippen LogP contribution in [0.1, 0.15) is 82.1 Å². The fraction of sp³-hybridized carbons (Fsp3) is 1.00. The van der Waals surface area contributed by atoms with Crippen LogP contribution in [-0.2, 0) is 4.74 Å². The summed E-state index contributed by atoms with van der Waals surface area (Å²) in [6.07, 6.45) is 2.56. The van der Waals surface area contributed by atoms with Crippen LogP contribution in [0, 0.1) is 31.1 Å². The summed E-state index contributed by atoms with van der Waals surface area (Å²) in [5.74, 6) is 0. The molecule has 0 aromatic rings. The van der Waals surface area contributed by atoms with Crippen LogP contribution in [-0.4, -0.2) is 78.7 Å². The van der Waals surface area contributed by atoms with Crippen molar-refractivity contribution in [3.05, 3.63) is 26.6 Å². The average Bonchev–Trinajstić information content (AvgIpc) is 3.33. The molecule has 1 fully saturated rings. The molecular weight excluding hydrogens is 619 g/mol. The molecule has 0 aromatic heterocycles. The minimum atomic E-state index is 0. The van der Waals surface area contributed by atoms with Gasteiger partial charge in [0.05, 0.1) is 0 Å². The standard InChI is InChI=1S/5C4H10N.C4H8O.Li.U/c5*1-3-5-4-2;1-2-4-5-3-1;;/h5*3-4H2,1-2H3;1-4H2;;/q5*-1;;+1;+4. The molecular formula is C24H58LiN5OU. The van der Waals surface area contributed by atoms with Crippen LogP contribution in [0.3, 0.4) is 0 Å². The minimum absolute atomic E-state index is 0. The van der Waals surface area contributed by atoms with Crippen molar-refractivity contribution in [1.82, 2.24) is 0 Å². The van der Waals surface area contributed by atoms with Crippen LogP contribution >= 0.6 is 0 Å². The first-order valence-corrected chi connectivity index (χ1v) is 12.3. The molecule has 8 heteroatoms. The second kappa shape index (κ2) is 69.8. The normalized spacial score (nSPS) is 10.3. The van der Waals surface area contributed by atoms with Gasteiger partial charge in [-0.25, -0.2) is 0 Å².